The molecule has 23 heavy (non-hydrogen) atoms. The Labute approximate surface area is 134 Å². The van der Waals surface area contributed by atoms with Gasteiger partial charge in [-0.15, -0.1) is 0 Å². The summed E-state index contributed by atoms with van der Waals surface area (Å²) in [5.41, 5.74) is 1.31. The predicted molar refractivity (Wildman–Crippen MR) is 86.2 cm³/mol. The van der Waals surface area contributed by atoms with Crippen molar-refractivity contribution in [1.82, 2.24) is 10.2 Å². The first-order valence-electron chi connectivity index (χ1n) is 7.66. The standard InChI is InChI=1S/C17H19N3O3/c21-16(13-8-11-23-12-13)18-15-6-9-20(10-7-15)17(22)19-14-4-2-1-3-5-14/h1-5,8,11-12,15H,6-7,9-10H2,(H,18,21)(H,19,22). The van der Waals surface area contributed by atoms with Crippen molar-refractivity contribution in [2.45, 2.75) is 18.9 Å². The number of carbonyl (C=O) groups is 2. The quantitative estimate of drug-likeness (QED) is 0.915. The van der Waals surface area contributed by atoms with Crippen LogP contribution in [0.15, 0.2) is 53.3 Å². The molecule has 120 valence electrons. The Morgan fingerprint density at radius 1 is 1.09 bits per heavy atom. The molecule has 1 aliphatic rings. The molecule has 0 radical (unpaired) electrons. The number of rotatable bonds is 3. The van der Waals surface area contributed by atoms with E-state index in [9.17, 15) is 9.59 Å². The van der Waals surface area contributed by atoms with Gasteiger partial charge in [0.1, 0.15) is 6.26 Å². The molecule has 1 aromatic carbocycles. The second-order valence-corrected chi connectivity index (χ2v) is 5.54. The van der Waals surface area contributed by atoms with Gasteiger partial charge in [-0.1, -0.05) is 18.2 Å². The minimum atomic E-state index is -0.133. The minimum Gasteiger partial charge on any atom is -0.472 e. The summed E-state index contributed by atoms with van der Waals surface area (Å²) >= 11 is 0. The van der Waals surface area contributed by atoms with Crippen molar-refractivity contribution in [2.75, 3.05) is 18.4 Å². The van der Waals surface area contributed by atoms with Gasteiger partial charge in [0, 0.05) is 24.8 Å². The molecule has 0 unspecified atom stereocenters. The fraction of sp³-hybridized carbons (Fsp3) is 0.294. The first-order valence-corrected chi connectivity index (χ1v) is 7.66. The monoisotopic (exact) mass is 313 g/mol. The molecule has 0 spiro atoms. The molecule has 3 amide bonds. The molecule has 6 heteroatoms. The first-order chi connectivity index (χ1) is 11.2. The number of para-hydroxylation sites is 1. The molecule has 1 saturated heterocycles. The lowest BCUT2D eigenvalue weighted by atomic mass is 10.0. The zero-order valence-corrected chi connectivity index (χ0v) is 12.7. The highest BCUT2D eigenvalue weighted by molar-refractivity contribution is 5.94. The van der Waals surface area contributed by atoms with Crippen molar-refractivity contribution in [3.05, 3.63) is 54.5 Å². The van der Waals surface area contributed by atoms with Crippen molar-refractivity contribution in [1.29, 1.82) is 0 Å². The maximum Gasteiger partial charge on any atom is 0.321 e. The predicted octanol–water partition coefficient (Wildman–Crippen LogP) is 2.71. The van der Waals surface area contributed by atoms with Crippen molar-refractivity contribution >= 4 is 17.6 Å². The number of benzene rings is 1. The largest absolute Gasteiger partial charge is 0.472 e. The number of hydrogen-bond acceptors (Lipinski definition) is 3. The van der Waals surface area contributed by atoms with Crippen molar-refractivity contribution in [2.24, 2.45) is 0 Å². The Hall–Kier alpha value is -2.76. The van der Waals surface area contributed by atoms with Crippen molar-refractivity contribution in [3.8, 4) is 0 Å². The van der Waals surface area contributed by atoms with Crippen molar-refractivity contribution in [3.63, 3.8) is 0 Å². The molecule has 3 rings (SSSR count). The van der Waals surface area contributed by atoms with Crippen LogP contribution in [0.1, 0.15) is 23.2 Å². The number of amides is 3. The van der Waals surface area contributed by atoms with E-state index in [1.165, 1.54) is 12.5 Å². The molecule has 0 atom stereocenters. The van der Waals surface area contributed by atoms with E-state index in [1.54, 1.807) is 11.0 Å². The van der Waals surface area contributed by atoms with Crippen molar-refractivity contribution < 1.29 is 14.0 Å². The number of furan rings is 1. The van der Waals surface area contributed by atoms with E-state index < -0.39 is 0 Å². The number of nitrogens with one attached hydrogen (secondary N) is 2. The van der Waals surface area contributed by atoms with Gasteiger partial charge in [0.05, 0.1) is 11.8 Å². The lowest BCUT2D eigenvalue weighted by molar-refractivity contribution is 0.0918. The second-order valence-electron chi connectivity index (χ2n) is 5.54. The minimum absolute atomic E-state index is 0.0816. The van der Waals surface area contributed by atoms with Crippen LogP contribution in [-0.4, -0.2) is 36.0 Å². The van der Waals surface area contributed by atoms with Gasteiger partial charge in [0.15, 0.2) is 0 Å². The van der Waals surface area contributed by atoms with Gasteiger partial charge in [-0.25, -0.2) is 4.79 Å². The summed E-state index contributed by atoms with van der Waals surface area (Å²) in [5.74, 6) is -0.133. The Morgan fingerprint density at radius 2 is 1.83 bits per heavy atom. The molecule has 2 N–H and O–H groups in total. The molecule has 0 saturated carbocycles. The average Bonchev–Trinajstić information content (AvgIpc) is 3.11. The van der Waals surface area contributed by atoms with E-state index in [0.717, 1.165) is 18.5 Å². The van der Waals surface area contributed by atoms with Crippen LogP contribution in [0, 0.1) is 0 Å². The molecule has 1 fully saturated rings. The molecule has 1 aliphatic heterocycles. The van der Waals surface area contributed by atoms with Gasteiger partial charge < -0.3 is 20.0 Å². The Bertz CT molecular complexity index is 647. The van der Waals surface area contributed by atoms with E-state index in [1.807, 2.05) is 30.3 Å². The van der Waals surface area contributed by atoms with Crippen LogP contribution >= 0.6 is 0 Å². The SMILES string of the molecule is O=C(NC1CCN(C(=O)Nc2ccccc2)CC1)c1ccoc1. The van der Waals surface area contributed by atoms with Gasteiger partial charge in [-0.05, 0) is 31.0 Å². The number of nitrogens with zero attached hydrogens (tertiary/aromatic N) is 1. The van der Waals surface area contributed by atoms with E-state index in [-0.39, 0.29) is 18.0 Å². The number of anilines is 1. The van der Waals surface area contributed by atoms with Crippen LogP contribution in [0.5, 0.6) is 0 Å². The summed E-state index contributed by atoms with van der Waals surface area (Å²) in [4.78, 5) is 25.9. The second kappa shape index (κ2) is 7.00. The zero-order chi connectivity index (χ0) is 16.1. The Balaban J connectivity index is 1.46. The maximum atomic E-state index is 12.2. The first kappa shape index (κ1) is 15.1. The number of carbonyl (C=O) groups excluding carboxylic acids is 2. The highest BCUT2D eigenvalue weighted by atomic mass is 16.3. The van der Waals surface area contributed by atoms with Gasteiger partial charge >= 0.3 is 6.03 Å². The summed E-state index contributed by atoms with van der Waals surface area (Å²) in [6.45, 7) is 1.24. The van der Waals surface area contributed by atoms with Gasteiger partial charge in [-0.3, -0.25) is 4.79 Å². The smallest absolute Gasteiger partial charge is 0.321 e. The van der Waals surface area contributed by atoms with E-state index in [4.69, 9.17) is 4.42 Å². The number of urea groups is 1. The van der Waals surface area contributed by atoms with Gasteiger partial charge in [0.2, 0.25) is 0 Å². The summed E-state index contributed by atoms with van der Waals surface area (Å²) in [6, 6.07) is 11.0. The van der Waals surface area contributed by atoms with Gasteiger partial charge in [-0.2, -0.15) is 0 Å². The normalized spacial score (nSPS) is 15.2. The summed E-state index contributed by atoms with van der Waals surface area (Å²) in [5, 5.41) is 5.85. The number of likely N-dealkylation sites (tertiary alicyclic amines) is 1. The molecule has 1 aromatic heterocycles. The molecule has 0 bridgehead atoms. The van der Waals surface area contributed by atoms with Crippen LogP contribution in [0.3, 0.4) is 0 Å². The molecule has 2 heterocycles. The van der Waals surface area contributed by atoms with Crippen LogP contribution in [0.2, 0.25) is 0 Å². The van der Waals surface area contributed by atoms with E-state index in [2.05, 4.69) is 10.6 Å². The highest BCUT2D eigenvalue weighted by Gasteiger charge is 2.24. The van der Waals surface area contributed by atoms with E-state index in [0.29, 0.717) is 18.7 Å². The third kappa shape index (κ3) is 3.91. The zero-order valence-electron chi connectivity index (χ0n) is 12.7. The van der Waals surface area contributed by atoms with E-state index >= 15 is 0 Å². The van der Waals surface area contributed by atoms with Crippen LogP contribution in [0.4, 0.5) is 10.5 Å². The van der Waals surface area contributed by atoms with Crippen LogP contribution < -0.4 is 10.6 Å². The molecule has 0 aliphatic carbocycles. The molecular weight excluding hydrogens is 294 g/mol. The topological polar surface area (TPSA) is 74.6 Å². The fourth-order valence-electron chi connectivity index (χ4n) is 2.61. The average molecular weight is 313 g/mol. The van der Waals surface area contributed by atoms with Crippen LogP contribution in [0.25, 0.3) is 0 Å². The molecule has 6 nitrogen and oxygen atoms in total. The third-order valence-electron chi connectivity index (χ3n) is 3.93. The lowest BCUT2D eigenvalue weighted by Gasteiger charge is -2.32. The molecule has 2 aromatic rings. The highest BCUT2D eigenvalue weighted by Crippen LogP contribution is 2.14. The summed E-state index contributed by atoms with van der Waals surface area (Å²) < 4.78 is 4.91. The Morgan fingerprint density at radius 3 is 2.48 bits per heavy atom. The Kier molecular flexibility index (Phi) is 4.61. The number of hydrogen-bond donors (Lipinski definition) is 2. The maximum absolute atomic E-state index is 12.2. The lowest BCUT2D eigenvalue weighted by Crippen LogP contribution is -2.47. The number of piperidine rings is 1. The fourth-order valence-corrected chi connectivity index (χ4v) is 2.61. The third-order valence-corrected chi connectivity index (χ3v) is 3.93. The van der Waals surface area contributed by atoms with Gasteiger partial charge in [0.25, 0.3) is 5.91 Å². The van der Waals surface area contributed by atoms with Crippen LogP contribution in [-0.2, 0) is 0 Å². The molecular formula is C17H19N3O3. The summed E-state index contributed by atoms with van der Waals surface area (Å²) in [7, 11) is 0. The summed E-state index contributed by atoms with van der Waals surface area (Å²) in [6.07, 6.45) is 4.39.